The standard InChI is InChI=1S/C20H19F4N3O2/c1-11(10-29-2)26-16-7-6-12(8-14(16)20(22,23)24)25-9-13-18-15(21)4-3-5-17(18)27-19(13)28/h3-9,11,25-26H,10H2,1-2H3,(H,27,28)/b13-9+. The number of hydrogen-bond acceptors (Lipinski definition) is 4. The Morgan fingerprint density at radius 2 is 2.00 bits per heavy atom. The van der Waals surface area contributed by atoms with Gasteiger partial charge in [-0.2, -0.15) is 13.2 Å². The predicted octanol–water partition coefficient (Wildman–Crippen LogP) is 4.70. The highest BCUT2D eigenvalue weighted by molar-refractivity contribution is 6.31. The lowest BCUT2D eigenvalue weighted by Crippen LogP contribution is -2.23. The van der Waals surface area contributed by atoms with Crippen LogP contribution in [0.5, 0.6) is 0 Å². The van der Waals surface area contributed by atoms with E-state index in [0.717, 1.165) is 6.07 Å². The van der Waals surface area contributed by atoms with Crippen molar-refractivity contribution in [2.45, 2.75) is 19.1 Å². The van der Waals surface area contributed by atoms with Gasteiger partial charge >= 0.3 is 6.18 Å². The summed E-state index contributed by atoms with van der Waals surface area (Å²) in [7, 11) is 1.46. The van der Waals surface area contributed by atoms with Crippen molar-refractivity contribution in [2.75, 3.05) is 29.7 Å². The molecule has 154 valence electrons. The third kappa shape index (κ3) is 4.51. The summed E-state index contributed by atoms with van der Waals surface area (Å²) < 4.78 is 59.5. The fraction of sp³-hybridized carbons (Fsp3) is 0.250. The summed E-state index contributed by atoms with van der Waals surface area (Å²) in [4.78, 5) is 12.1. The quantitative estimate of drug-likeness (QED) is 0.478. The Morgan fingerprint density at radius 1 is 1.24 bits per heavy atom. The molecule has 1 amide bonds. The highest BCUT2D eigenvalue weighted by Gasteiger charge is 2.34. The van der Waals surface area contributed by atoms with Gasteiger partial charge in [-0.05, 0) is 37.3 Å². The largest absolute Gasteiger partial charge is 0.418 e. The number of ether oxygens (including phenoxy) is 1. The highest BCUT2D eigenvalue weighted by atomic mass is 19.4. The molecule has 1 aliphatic heterocycles. The van der Waals surface area contributed by atoms with E-state index in [1.807, 2.05) is 0 Å². The van der Waals surface area contributed by atoms with Gasteiger partial charge in [0.25, 0.3) is 5.91 Å². The minimum absolute atomic E-state index is 0.00239. The van der Waals surface area contributed by atoms with E-state index in [1.165, 1.54) is 37.6 Å². The third-order valence-electron chi connectivity index (χ3n) is 4.30. The average molecular weight is 409 g/mol. The van der Waals surface area contributed by atoms with E-state index in [-0.39, 0.29) is 35.2 Å². The second-order valence-corrected chi connectivity index (χ2v) is 6.58. The van der Waals surface area contributed by atoms with Crippen LogP contribution in [0.15, 0.2) is 42.6 Å². The number of carbonyl (C=O) groups excluding carboxylic acids is 1. The number of nitrogens with one attached hydrogen (secondary N) is 3. The topological polar surface area (TPSA) is 62.4 Å². The zero-order valence-corrected chi connectivity index (χ0v) is 15.7. The van der Waals surface area contributed by atoms with E-state index in [4.69, 9.17) is 4.74 Å². The maximum atomic E-state index is 14.1. The Balaban J connectivity index is 1.89. The summed E-state index contributed by atoms with van der Waals surface area (Å²) in [6, 6.07) is 7.52. The number of alkyl halides is 3. The number of halogens is 4. The van der Waals surface area contributed by atoms with Crippen LogP contribution < -0.4 is 16.0 Å². The Labute approximate surface area is 164 Å². The van der Waals surface area contributed by atoms with Gasteiger partial charge in [-0.15, -0.1) is 0 Å². The number of methoxy groups -OCH3 is 1. The molecular formula is C20H19F4N3O2. The van der Waals surface area contributed by atoms with Gasteiger partial charge in [-0.1, -0.05) is 6.07 Å². The van der Waals surface area contributed by atoms with Crippen LogP contribution in [0.3, 0.4) is 0 Å². The van der Waals surface area contributed by atoms with Crippen LogP contribution in [-0.2, 0) is 15.7 Å². The molecule has 0 radical (unpaired) electrons. The molecule has 5 nitrogen and oxygen atoms in total. The van der Waals surface area contributed by atoms with E-state index in [0.29, 0.717) is 5.69 Å². The van der Waals surface area contributed by atoms with Crippen molar-refractivity contribution < 1.29 is 27.1 Å². The van der Waals surface area contributed by atoms with Crippen molar-refractivity contribution in [3.05, 3.63) is 59.5 Å². The molecular weight excluding hydrogens is 390 g/mol. The zero-order chi connectivity index (χ0) is 21.2. The molecule has 1 heterocycles. The minimum Gasteiger partial charge on any atom is -0.383 e. The van der Waals surface area contributed by atoms with Gasteiger partial charge in [0.15, 0.2) is 0 Å². The van der Waals surface area contributed by atoms with Crippen molar-refractivity contribution in [2.24, 2.45) is 0 Å². The summed E-state index contributed by atoms with van der Waals surface area (Å²) in [6.07, 6.45) is -3.40. The fourth-order valence-electron chi connectivity index (χ4n) is 3.05. The number of anilines is 3. The Hall–Kier alpha value is -3.07. The first kappa shape index (κ1) is 20.7. The van der Waals surface area contributed by atoms with E-state index >= 15 is 0 Å². The van der Waals surface area contributed by atoms with Gasteiger partial charge < -0.3 is 20.7 Å². The van der Waals surface area contributed by atoms with Crippen LogP contribution in [0.4, 0.5) is 34.6 Å². The molecule has 29 heavy (non-hydrogen) atoms. The SMILES string of the molecule is COCC(C)Nc1ccc(N/C=C2/C(=O)Nc3cccc(F)c32)cc1C(F)(F)F. The molecule has 0 aromatic heterocycles. The number of fused-ring (bicyclic) bond motifs is 1. The molecule has 0 saturated carbocycles. The maximum Gasteiger partial charge on any atom is 0.418 e. The van der Waals surface area contributed by atoms with Crippen LogP contribution in [0.25, 0.3) is 5.57 Å². The molecule has 3 N–H and O–H groups in total. The van der Waals surface area contributed by atoms with Crippen LogP contribution in [0, 0.1) is 5.82 Å². The predicted molar refractivity (Wildman–Crippen MR) is 103 cm³/mol. The second-order valence-electron chi connectivity index (χ2n) is 6.58. The van der Waals surface area contributed by atoms with Crippen molar-refractivity contribution in [1.82, 2.24) is 0 Å². The monoisotopic (exact) mass is 409 g/mol. The van der Waals surface area contributed by atoms with Gasteiger partial charge in [-0.3, -0.25) is 4.79 Å². The molecule has 0 saturated heterocycles. The average Bonchev–Trinajstić information content (AvgIpc) is 2.96. The summed E-state index contributed by atoms with van der Waals surface area (Å²) in [5, 5.41) is 7.94. The first-order valence-electron chi connectivity index (χ1n) is 8.74. The number of carbonyl (C=O) groups is 1. The van der Waals surface area contributed by atoms with Gasteiger partial charge in [-0.25, -0.2) is 4.39 Å². The smallest absolute Gasteiger partial charge is 0.383 e. The Morgan fingerprint density at radius 3 is 2.69 bits per heavy atom. The molecule has 2 aromatic carbocycles. The number of rotatable bonds is 6. The minimum atomic E-state index is -4.59. The van der Waals surface area contributed by atoms with E-state index < -0.39 is 23.5 Å². The summed E-state index contributed by atoms with van der Waals surface area (Å²) in [5.41, 5.74) is -0.463. The fourth-order valence-corrected chi connectivity index (χ4v) is 3.05. The molecule has 1 aliphatic rings. The molecule has 1 unspecified atom stereocenters. The second kappa shape index (κ2) is 8.12. The molecule has 0 aliphatic carbocycles. The molecule has 0 bridgehead atoms. The molecule has 0 spiro atoms. The van der Waals surface area contributed by atoms with Crippen LogP contribution >= 0.6 is 0 Å². The molecule has 1 atom stereocenters. The van der Waals surface area contributed by atoms with E-state index in [9.17, 15) is 22.4 Å². The summed E-state index contributed by atoms with van der Waals surface area (Å²) in [5.74, 6) is -1.14. The van der Waals surface area contributed by atoms with Crippen molar-refractivity contribution >= 4 is 28.5 Å². The van der Waals surface area contributed by atoms with Crippen molar-refractivity contribution in [3.63, 3.8) is 0 Å². The van der Waals surface area contributed by atoms with Crippen LogP contribution in [-0.4, -0.2) is 25.7 Å². The molecule has 3 rings (SSSR count). The van der Waals surface area contributed by atoms with E-state index in [2.05, 4.69) is 16.0 Å². The molecule has 2 aromatic rings. The van der Waals surface area contributed by atoms with Gasteiger partial charge in [0, 0.05) is 36.3 Å². The van der Waals surface area contributed by atoms with Gasteiger partial charge in [0.1, 0.15) is 5.82 Å². The number of benzene rings is 2. The van der Waals surface area contributed by atoms with Crippen molar-refractivity contribution in [3.8, 4) is 0 Å². The summed E-state index contributed by atoms with van der Waals surface area (Å²) in [6.45, 7) is 1.94. The normalized spacial score (nSPS) is 15.8. The lowest BCUT2D eigenvalue weighted by atomic mass is 10.1. The van der Waals surface area contributed by atoms with E-state index in [1.54, 1.807) is 13.0 Å². The molecule has 0 fully saturated rings. The van der Waals surface area contributed by atoms with Gasteiger partial charge in [0.2, 0.25) is 0 Å². The first-order valence-corrected chi connectivity index (χ1v) is 8.74. The number of amides is 1. The maximum absolute atomic E-state index is 14.1. The molecule has 9 heteroatoms. The third-order valence-corrected chi connectivity index (χ3v) is 4.30. The lowest BCUT2D eigenvalue weighted by Gasteiger charge is -2.19. The first-order chi connectivity index (χ1) is 13.7. The Bertz CT molecular complexity index is 957. The van der Waals surface area contributed by atoms with Crippen LogP contribution in [0.2, 0.25) is 0 Å². The highest BCUT2D eigenvalue weighted by Crippen LogP contribution is 2.38. The van der Waals surface area contributed by atoms with Crippen LogP contribution in [0.1, 0.15) is 18.1 Å². The zero-order valence-electron chi connectivity index (χ0n) is 15.7. The number of hydrogen-bond donors (Lipinski definition) is 3. The Kier molecular flexibility index (Phi) is 5.78. The van der Waals surface area contributed by atoms with Gasteiger partial charge in [0.05, 0.1) is 23.4 Å². The lowest BCUT2D eigenvalue weighted by molar-refractivity contribution is -0.137. The van der Waals surface area contributed by atoms with Crippen molar-refractivity contribution in [1.29, 1.82) is 0 Å². The summed E-state index contributed by atoms with van der Waals surface area (Å²) >= 11 is 0.